The van der Waals surface area contributed by atoms with E-state index in [-0.39, 0.29) is 12.5 Å². The fourth-order valence-corrected chi connectivity index (χ4v) is 4.65. The second-order valence-corrected chi connectivity index (χ2v) is 8.65. The molecular weight excluding hydrogens is 470 g/mol. The Hall–Kier alpha value is -2.42. The molecule has 32 heavy (non-hydrogen) atoms. The van der Waals surface area contributed by atoms with Gasteiger partial charge in [-0.15, -0.1) is 0 Å². The van der Waals surface area contributed by atoms with Gasteiger partial charge in [0.25, 0.3) is 5.91 Å². The highest BCUT2D eigenvalue weighted by Crippen LogP contribution is 2.39. The number of carbonyl (C=O) groups is 1. The average molecular weight is 494 g/mol. The lowest BCUT2D eigenvalue weighted by Gasteiger charge is -2.15. The number of thioether (sulfide) groups is 1. The molecule has 0 saturated carbocycles. The summed E-state index contributed by atoms with van der Waals surface area (Å²) in [5.74, 6) is 2.23. The van der Waals surface area contributed by atoms with Crippen LogP contribution in [0, 0.1) is 0 Å². The van der Waals surface area contributed by atoms with Crippen LogP contribution in [0.2, 0.25) is 5.02 Å². The van der Waals surface area contributed by atoms with Gasteiger partial charge in [-0.25, -0.2) is 0 Å². The van der Waals surface area contributed by atoms with E-state index >= 15 is 0 Å². The predicted octanol–water partition coefficient (Wildman–Crippen LogP) is 5.43. The second-order valence-electron chi connectivity index (χ2n) is 6.56. The summed E-state index contributed by atoms with van der Waals surface area (Å²) < 4.78 is 23.0. The molecule has 1 aliphatic heterocycles. The highest BCUT2D eigenvalue weighted by atomic mass is 35.5. The van der Waals surface area contributed by atoms with Gasteiger partial charge in [-0.2, -0.15) is 0 Å². The Bertz CT molecular complexity index is 1030. The summed E-state index contributed by atoms with van der Waals surface area (Å²) in [5.41, 5.74) is 0.732. The number of ether oxygens (including phenoxy) is 4. The van der Waals surface area contributed by atoms with Crippen LogP contribution >= 0.6 is 35.6 Å². The Balaban J connectivity index is 1.71. The molecule has 170 valence electrons. The van der Waals surface area contributed by atoms with E-state index in [9.17, 15) is 4.79 Å². The van der Waals surface area contributed by atoms with Gasteiger partial charge < -0.3 is 18.9 Å². The Morgan fingerprint density at radius 1 is 1.09 bits per heavy atom. The van der Waals surface area contributed by atoms with Crippen molar-refractivity contribution in [2.24, 2.45) is 0 Å². The molecule has 1 saturated heterocycles. The molecule has 0 aromatic heterocycles. The van der Waals surface area contributed by atoms with E-state index in [2.05, 4.69) is 0 Å². The first kappa shape index (κ1) is 24.2. The van der Waals surface area contributed by atoms with Gasteiger partial charge in [0.15, 0.2) is 11.5 Å². The standard InChI is InChI=1S/C23H24ClNO5S2/c1-4-25-22(26)20(32-23(25)31)13-15-11-18(24)21(19(12-15)28-5-2)30-10-9-29-17-8-6-7-16(14-17)27-3/h6-8,11-14H,4-5,9-10H2,1-3H3. The summed E-state index contributed by atoms with van der Waals surface area (Å²) in [6, 6.07) is 10.9. The van der Waals surface area contributed by atoms with Gasteiger partial charge >= 0.3 is 0 Å². The van der Waals surface area contributed by atoms with Crippen molar-refractivity contribution in [1.82, 2.24) is 4.90 Å². The molecule has 1 aliphatic rings. The summed E-state index contributed by atoms with van der Waals surface area (Å²) in [7, 11) is 1.61. The second kappa shape index (κ2) is 11.4. The molecule has 1 fully saturated rings. The number of rotatable bonds is 10. The lowest BCUT2D eigenvalue weighted by Crippen LogP contribution is -2.27. The Kier molecular flexibility index (Phi) is 8.67. The zero-order valence-electron chi connectivity index (χ0n) is 18.1. The van der Waals surface area contributed by atoms with Crippen LogP contribution in [0.4, 0.5) is 0 Å². The van der Waals surface area contributed by atoms with Crippen molar-refractivity contribution >= 4 is 51.9 Å². The molecule has 3 rings (SSSR count). The first-order valence-electron chi connectivity index (χ1n) is 10.1. The fourth-order valence-electron chi connectivity index (χ4n) is 2.99. The first-order chi connectivity index (χ1) is 15.5. The Labute approximate surface area is 202 Å². The van der Waals surface area contributed by atoms with Crippen molar-refractivity contribution in [3.8, 4) is 23.0 Å². The SMILES string of the molecule is CCOc1cc(C=C2SC(=S)N(CC)C2=O)cc(Cl)c1OCCOc1cccc(OC)c1. The maximum atomic E-state index is 12.5. The molecule has 2 aromatic rings. The van der Waals surface area contributed by atoms with E-state index in [1.807, 2.05) is 32.0 Å². The predicted molar refractivity (Wildman–Crippen MR) is 132 cm³/mol. The molecule has 9 heteroatoms. The van der Waals surface area contributed by atoms with Crippen LogP contribution in [-0.2, 0) is 4.79 Å². The third kappa shape index (κ3) is 5.88. The van der Waals surface area contributed by atoms with Crippen LogP contribution in [0.1, 0.15) is 19.4 Å². The van der Waals surface area contributed by atoms with Gasteiger partial charge in [-0.1, -0.05) is 41.6 Å². The van der Waals surface area contributed by atoms with Crippen LogP contribution in [0.15, 0.2) is 41.3 Å². The van der Waals surface area contributed by atoms with E-state index in [0.29, 0.717) is 51.3 Å². The number of halogens is 1. The monoisotopic (exact) mass is 493 g/mol. The molecule has 6 nitrogen and oxygen atoms in total. The smallest absolute Gasteiger partial charge is 0.266 e. The number of hydrogen-bond donors (Lipinski definition) is 0. The van der Waals surface area contributed by atoms with Crippen LogP contribution < -0.4 is 18.9 Å². The topological polar surface area (TPSA) is 57.2 Å². The Morgan fingerprint density at radius 3 is 2.53 bits per heavy atom. The summed E-state index contributed by atoms with van der Waals surface area (Å²) in [6.07, 6.45) is 1.76. The van der Waals surface area contributed by atoms with E-state index in [4.69, 9.17) is 42.8 Å². The molecule has 0 atom stereocenters. The van der Waals surface area contributed by atoms with Crippen LogP contribution in [0.5, 0.6) is 23.0 Å². The fraction of sp³-hybridized carbons (Fsp3) is 0.304. The third-order valence-electron chi connectivity index (χ3n) is 4.46. The highest BCUT2D eigenvalue weighted by Gasteiger charge is 2.30. The minimum absolute atomic E-state index is 0.105. The van der Waals surface area contributed by atoms with Crippen molar-refractivity contribution in [3.63, 3.8) is 0 Å². The van der Waals surface area contributed by atoms with Gasteiger partial charge in [0.1, 0.15) is 29.0 Å². The Morgan fingerprint density at radius 2 is 1.84 bits per heavy atom. The number of hydrogen-bond acceptors (Lipinski definition) is 7. The number of nitrogens with zero attached hydrogens (tertiary/aromatic N) is 1. The van der Waals surface area contributed by atoms with Crippen molar-refractivity contribution in [2.75, 3.05) is 33.5 Å². The van der Waals surface area contributed by atoms with E-state index < -0.39 is 0 Å². The molecule has 0 unspecified atom stereocenters. The molecule has 0 radical (unpaired) electrons. The van der Waals surface area contributed by atoms with Gasteiger partial charge in [0.2, 0.25) is 0 Å². The molecule has 0 aliphatic carbocycles. The van der Waals surface area contributed by atoms with Crippen LogP contribution in [0.25, 0.3) is 6.08 Å². The lowest BCUT2D eigenvalue weighted by atomic mass is 10.1. The number of benzene rings is 2. The number of likely N-dealkylation sites (N-methyl/N-ethyl adjacent to an activating group) is 1. The number of methoxy groups -OCH3 is 1. The zero-order chi connectivity index (χ0) is 23.1. The van der Waals surface area contributed by atoms with Crippen molar-refractivity contribution < 1.29 is 23.7 Å². The molecule has 1 heterocycles. The largest absolute Gasteiger partial charge is 0.497 e. The van der Waals surface area contributed by atoms with Crippen LogP contribution in [0.3, 0.4) is 0 Å². The molecule has 0 N–H and O–H groups in total. The van der Waals surface area contributed by atoms with Gasteiger partial charge in [0, 0.05) is 12.6 Å². The molecule has 0 spiro atoms. The minimum Gasteiger partial charge on any atom is -0.497 e. The highest BCUT2D eigenvalue weighted by molar-refractivity contribution is 8.26. The summed E-state index contributed by atoms with van der Waals surface area (Å²) in [4.78, 5) is 14.6. The molecule has 0 bridgehead atoms. The lowest BCUT2D eigenvalue weighted by molar-refractivity contribution is -0.121. The van der Waals surface area contributed by atoms with E-state index in [1.165, 1.54) is 11.8 Å². The van der Waals surface area contributed by atoms with Gasteiger partial charge in [-0.05, 0) is 49.8 Å². The number of thiocarbonyl (C=S) groups is 1. The number of amides is 1. The molecule has 1 amide bonds. The third-order valence-corrected chi connectivity index (χ3v) is 6.12. The summed E-state index contributed by atoms with van der Waals surface area (Å²) in [6.45, 7) is 5.33. The maximum Gasteiger partial charge on any atom is 0.266 e. The van der Waals surface area contributed by atoms with Crippen molar-refractivity contribution in [1.29, 1.82) is 0 Å². The van der Waals surface area contributed by atoms with Crippen molar-refractivity contribution in [2.45, 2.75) is 13.8 Å². The van der Waals surface area contributed by atoms with Gasteiger partial charge in [-0.3, -0.25) is 9.69 Å². The summed E-state index contributed by atoms with van der Waals surface area (Å²) in [5, 5.41) is 0.384. The summed E-state index contributed by atoms with van der Waals surface area (Å²) >= 11 is 13.0. The van der Waals surface area contributed by atoms with E-state index in [0.717, 1.165) is 11.3 Å². The first-order valence-corrected chi connectivity index (χ1v) is 11.7. The van der Waals surface area contributed by atoms with Crippen molar-refractivity contribution in [3.05, 3.63) is 51.9 Å². The molecular formula is C23H24ClNO5S2. The van der Waals surface area contributed by atoms with Gasteiger partial charge in [0.05, 0.1) is 23.6 Å². The maximum absolute atomic E-state index is 12.5. The average Bonchev–Trinajstić information content (AvgIpc) is 3.05. The zero-order valence-corrected chi connectivity index (χ0v) is 20.4. The van der Waals surface area contributed by atoms with Crippen LogP contribution in [-0.4, -0.2) is 48.6 Å². The molecule has 2 aromatic carbocycles. The van der Waals surface area contributed by atoms with E-state index in [1.54, 1.807) is 36.3 Å². The normalized spacial score (nSPS) is 14.8. The minimum atomic E-state index is -0.105. The quantitative estimate of drug-likeness (QED) is 0.248. The number of carbonyl (C=O) groups excluding carboxylic acids is 1.